The summed E-state index contributed by atoms with van der Waals surface area (Å²) in [6, 6.07) is 10.4. The fourth-order valence-corrected chi connectivity index (χ4v) is 3.50. The number of hydrogen-bond acceptors (Lipinski definition) is 3. The number of nitrogens with one attached hydrogen (secondary N) is 1. The van der Waals surface area contributed by atoms with Crippen LogP contribution in [0.1, 0.15) is 36.2 Å². The van der Waals surface area contributed by atoms with Crippen molar-refractivity contribution in [2.45, 2.75) is 32.7 Å². The summed E-state index contributed by atoms with van der Waals surface area (Å²) in [5.74, 6) is 0.932. The molecule has 1 N–H and O–H groups in total. The van der Waals surface area contributed by atoms with Crippen molar-refractivity contribution in [3.8, 4) is 5.75 Å². The van der Waals surface area contributed by atoms with E-state index in [0.29, 0.717) is 6.61 Å². The molecule has 1 aromatic heterocycles. The molecule has 0 aliphatic heterocycles. The van der Waals surface area contributed by atoms with Crippen LogP contribution in [0.4, 0.5) is 0 Å². The van der Waals surface area contributed by atoms with Crippen LogP contribution in [-0.4, -0.2) is 13.2 Å². The lowest BCUT2D eigenvalue weighted by atomic mass is 10.1. The quantitative estimate of drug-likeness (QED) is 0.719. The number of ether oxygens (including phenoxy) is 1. The van der Waals surface area contributed by atoms with Gasteiger partial charge in [0.25, 0.3) is 0 Å². The van der Waals surface area contributed by atoms with Crippen LogP contribution in [0, 0.1) is 6.92 Å². The Morgan fingerprint density at radius 2 is 2.19 bits per heavy atom. The van der Waals surface area contributed by atoms with E-state index in [4.69, 9.17) is 16.3 Å². The van der Waals surface area contributed by atoms with Crippen molar-refractivity contribution in [1.29, 1.82) is 0 Å². The molecule has 4 heteroatoms. The van der Waals surface area contributed by atoms with Crippen LogP contribution in [0.15, 0.2) is 35.7 Å². The highest BCUT2D eigenvalue weighted by Gasteiger charge is 2.15. The third kappa shape index (κ3) is 5.03. The topological polar surface area (TPSA) is 21.3 Å². The minimum absolute atomic E-state index is 0.266. The number of rotatable bonds is 8. The first-order valence-corrected chi connectivity index (χ1v) is 8.62. The minimum atomic E-state index is 0.266. The molecule has 0 saturated carbocycles. The largest absolute Gasteiger partial charge is 0.494 e. The zero-order valence-corrected chi connectivity index (χ0v) is 14.1. The maximum Gasteiger partial charge on any atom is 0.119 e. The summed E-state index contributed by atoms with van der Waals surface area (Å²) in [5.41, 5.74) is 1.22. The molecule has 21 heavy (non-hydrogen) atoms. The van der Waals surface area contributed by atoms with Gasteiger partial charge in [0.2, 0.25) is 0 Å². The van der Waals surface area contributed by atoms with Gasteiger partial charge in [-0.3, -0.25) is 0 Å². The predicted octanol–water partition coefficient (Wildman–Crippen LogP) is 5.22. The van der Waals surface area contributed by atoms with Gasteiger partial charge in [-0.1, -0.05) is 30.7 Å². The summed E-state index contributed by atoms with van der Waals surface area (Å²) >= 11 is 7.97. The molecule has 1 aromatic carbocycles. The molecule has 2 rings (SSSR count). The molecule has 0 bridgehead atoms. The maximum atomic E-state index is 6.26. The van der Waals surface area contributed by atoms with Crippen LogP contribution in [0.25, 0.3) is 0 Å². The van der Waals surface area contributed by atoms with E-state index >= 15 is 0 Å². The van der Waals surface area contributed by atoms with E-state index in [-0.39, 0.29) is 6.04 Å². The van der Waals surface area contributed by atoms with Crippen molar-refractivity contribution in [3.63, 3.8) is 0 Å². The van der Waals surface area contributed by atoms with Crippen molar-refractivity contribution >= 4 is 22.9 Å². The fourth-order valence-electron chi connectivity index (χ4n) is 2.20. The second-order valence-electron chi connectivity index (χ2n) is 5.09. The molecule has 0 aliphatic rings. The minimum Gasteiger partial charge on any atom is -0.494 e. The smallest absolute Gasteiger partial charge is 0.119 e. The van der Waals surface area contributed by atoms with Crippen LogP contribution in [-0.2, 0) is 0 Å². The lowest BCUT2D eigenvalue weighted by Crippen LogP contribution is -2.23. The molecule has 0 amide bonds. The van der Waals surface area contributed by atoms with E-state index in [2.05, 4.69) is 31.3 Å². The Morgan fingerprint density at radius 1 is 1.33 bits per heavy atom. The Morgan fingerprint density at radius 3 is 2.86 bits per heavy atom. The third-order valence-electron chi connectivity index (χ3n) is 3.27. The number of thiophene rings is 1. The SMILES string of the molecule is CCCNC(CCOc1cccc(C)c1)c1sccc1Cl. The zero-order chi connectivity index (χ0) is 15.1. The normalized spacial score (nSPS) is 12.3. The highest BCUT2D eigenvalue weighted by Crippen LogP contribution is 2.30. The highest BCUT2D eigenvalue weighted by molar-refractivity contribution is 7.10. The summed E-state index contributed by atoms with van der Waals surface area (Å²) in [7, 11) is 0. The summed E-state index contributed by atoms with van der Waals surface area (Å²) < 4.78 is 5.86. The van der Waals surface area contributed by atoms with E-state index < -0.39 is 0 Å². The first-order valence-electron chi connectivity index (χ1n) is 7.36. The fraction of sp³-hybridized carbons (Fsp3) is 0.412. The second-order valence-corrected chi connectivity index (χ2v) is 6.45. The average molecular weight is 324 g/mol. The van der Waals surface area contributed by atoms with Gasteiger partial charge in [-0.25, -0.2) is 0 Å². The van der Waals surface area contributed by atoms with E-state index in [1.54, 1.807) is 11.3 Å². The molecule has 0 aliphatic carbocycles. The van der Waals surface area contributed by atoms with Gasteiger partial charge in [-0.2, -0.15) is 0 Å². The molecule has 0 saturated heterocycles. The first kappa shape index (κ1) is 16.3. The monoisotopic (exact) mass is 323 g/mol. The summed E-state index contributed by atoms with van der Waals surface area (Å²) in [6.07, 6.45) is 2.02. The lowest BCUT2D eigenvalue weighted by molar-refractivity contribution is 0.287. The number of benzene rings is 1. The Labute approximate surface area is 136 Å². The van der Waals surface area contributed by atoms with Crippen molar-refractivity contribution in [3.05, 3.63) is 51.2 Å². The van der Waals surface area contributed by atoms with Crippen LogP contribution >= 0.6 is 22.9 Å². The van der Waals surface area contributed by atoms with Gasteiger partial charge in [-0.05, 0) is 49.0 Å². The van der Waals surface area contributed by atoms with Crippen LogP contribution in [0.2, 0.25) is 5.02 Å². The molecule has 0 spiro atoms. The number of hydrogen-bond donors (Lipinski definition) is 1. The first-order chi connectivity index (χ1) is 10.2. The Balaban J connectivity index is 1.91. The zero-order valence-electron chi connectivity index (χ0n) is 12.6. The summed E-state index contributed by atoms with van der Waals surface area (Å²) in [5, 5.41) is 6.45. The molecule has 1 unspecified atom stereocenters. The van der Waals surface area contributed by atoms with Gasteiger partial charge in [0.1, 0.15) is 5.75 Å². The Bertz CT molecular complexity index is 555. The van der Waals surface area contributed by atoms with Gasteiger partial charge < -0.3 is 10.1 Å². The standard InChI is InChI=1S/C17H22ClNOS/c1-3-9-19-16(17-15(18)8-11-21-17)7-10-20-14-6-4-5-13(2)12-14/h4-6,8,11-12,16,19H,3,7,9-10H2,1-2H3. The summed E-state index contributed by atoms with van der Waals surface area (Å²) in [4.78, 5) is 1.21. The highest BCUT2D eigenvalue weighted by atomic mass is 35.5. The van der Waals surface area contributed by atoms with Gasteiger partial charge in [0, 0.05) is 17.3 Å². The molecule has 1 atom stereocenters. The molecule has 2 aromatic rings. The van der Waals surface area contributed by atoms with Crippen molar-refractivity contribution < 1.29 is 4.74 Å². The summed E-state index contributed by atoms with van der Waals surface area (Å²) in [6.45, 7) is 5.91. The predicted molar refractivity (Wildman–Crippen MR) is 91.7 cm³/mol. The molecule has 2 nitrogen and oxygen atoms in total. The van der Waals surface area contributed by atoms with Crippen LogP contribution in [0.5, 0.6) is 5.75 Å². The molecule has 1 heterocycles. The van der Waals surface area contributed by atoms with E-state index in [1.807, 2.05) is 23.6 Å². The number of halogens is 1. The maximum absolute atomic E-state index is 6.26. The lowest BCUT2D eigenvalue weighted by Gasteiger charge is -2.18. The van der Waals surface area contributed by atoms with Gasteiger partial charge in [-0.15, -0.1) is 11.3 Å². The Kier molecular flexibility index (Phi) is 6.55. The van der Waals surface area contributed by atoms with E-state index in [9.17, 15) is 0 Å². The molecule has 114 valence electrons. The van der Waals surface area contributed by atoms with E-state index in [0.717, 1.165) is 30.2 Å². The van der Waals surface area contributed by atoms with Crippen molar-refractivity contribution in [1.82, 2.24) is 5.32 Å². The van der Waals surface area contributed by atoms with Gasteiger partial charge in [0.15, 0.2) is 0 Å². The second kappa shape index (κ2) is 8.42. The number of aryl methyl sites for hydroxylation is 1. The third-order valence-corrected chi connectivity index (χ3v) is 4.74. The molecule has 0 radical (unpaired) electrons. The van der Waals surface area contributed by atoms with Crippen molar-refractivity contribution in [2.24, 2.45) is 0 Å². The molecular weight excluding hydrogens is 302 g/mol. The van der Waals surface area contributed by atoms with Gasteiger partial charge in [0.05, 0.1) is 11.6 Å². The molecule has 0 fully saturated rings. The van der Waals surface area contributed by atoms with E-state index in [1.165, 1.54) is 10.4 Å². The molecular formula is C17H22ClNOS. The van der Waals surface area contributed by atoms with Crippen LogP contribution < -0.4 is 10.1 Å². The average Bonchev–Trinajstić information content (AvgIpc) is 2.89. The van der Waals surface area contributed by atoms with Crippen LogP contribution in [0.3, 0.4) is 0 Å². The van der Waals surface area contributed by atoms with Gasteiger partial charge >= 0.3 is 0 Å². The van der Waals surface area contributed by atoms with Crippen molar-refractivity contribution in [2.75, 3.05) is 13.2 Å². The Hall–Kier alpha value is -1.03.